The Morgan fingerprint density at radius 2 is 0.962 bits per heavy atom. The average molecular weight is 1560 g/mol. The van der Waals surface area contributed by atoms with E-state index in [1.165, 1.54) is 11.8 Å². The highest BCUT2D eigenvalue weighted by Crippen LogP contribution is 2.29. The minimum Gasteiger partial charge on any atom is -0.595 e. The molecule has 0 spiro atoms. The van der Waals surface area contributed by atoms with Crippen molar-refractivity contribution < 1.29 is 64.0 Å². The predicted molar refractivity (Wildman–Crippen MR) is 414 cm³/mol. The van der Waals surface area contributed by atoms with Gasteiger partial charge in [0, 0.05) is 93.3 Å². The molecule has 4 amide bonds. The Bertz CT molecular complexity index is 3840. The van der Waals surface area contributed by atoms with Crippen LogP contribution in [0.4, 0.5) is 0 Å². The fourth-order valence-electron chi connectivity index (χ4n) is 11.2. The van der Waals surface area contributed by atoms with E-state index in [4.69, 9.17) is 77.9 Å². The Labute approximate surface area is 648 Å². The third-order valence-corrected chi connectivity index (χ3v) is 17.5. The van der Waals surface area contributed by atoms with Crippen LogP contribution >= 0.6 is 58.0 Å². The van der Waals surface area contributed by atoms with E-state index in [2.05, 4.69) is 36.2 Å². The van der Waals surface area contributed by atoms with E-state index < -0.39 is 52.6 Å². The molecule has 0 unspecified atom stereocenters. The van der Waals surface area contributed by atoms with Crippen molar-refractivity contribution in [2.45, 2.75) is 188 Å². The number of rotatable bonds is 21. The van der Waals surface area contributed by atoms with Gasteiger partial charge in [0.05, 0.1) is 19.3 Å². The molecule has 2 fully saturated rings. The highest BCUT2D eigenvalue weighted by molar-refractivity contribution is 6.32. The number of carbonyl (C=O) groups excluding carboxylic acids is 4. The maximum atomic E-state index is 13.1. The fourth-order valence-corrected chi connectivity index (χ4v) is 12.1. The summed E-state index contributed by atoms with van der Waals surface area (Å²) in [6.07, 6.45) is 4.76. The van der Waals surface area contributed by atoms with Crippen LogP contribution in [0.5, 0.6) is 0 Å². The molecular formula is C79H101Cl5N9O13-3. The first kappa shape index (κ1) is 88.9. The molecule has 2 saturated heterocycles. The van der Waals surface area contributed by atoms with Crippen molar-refractivity contribution in [3.8, 4) is 0 Å². The van der Waals surface area contributed by atoms with Crippen LogP contribution in [0.25, 0.3) is 0 Å². The normalized spacial score (nSPS) is 15.8. The van der Waals surface area contributed by atoms with Crippen LogP contribution in [0.15, 0.2) is 136 Å². The number of hydrogen-bond donors (Lipinski definition) is 8. The van der Waals surface area contributed by atoms with Gasteiger partial charge < -0.3 is 76.8 Å². The number of aliphatic imine (C=N–C) groups is 3. The molecule has 0 radical (unpaired) electrons. The number of fused-ring (bicyclic) bond motifs is 1. The molecule has 3 aliphatic rings. The first-order chi connectivity index (χ1) is 50.0. The number of aliphatic hydroxyl groups excluding tert-OH is 2. The number of ether oxygens (including phenoxy) is 3. The summed E-state index contributed by atoms with van der Waals surface area (Å²) in [5.41, 5.74) is 11.9. The fraction of sp³-hybridized carbons (Fsp3) is 0.456. The first-order valence-corrected chi connectivity index (χ1v) is 37.0. The summed E-state index contributed by atoms with van der Waals surface area (Å²) in [4.78, 5) is 62.5. The summed E-state index contributed by atoms with van der Waals surface area (Å²) >= 11 is 29.7. The molecule has 0 aliphatic carbocycles. The van der Waals surface area contributed by atoms with Gasteiger partial charge in [-0.3, -0.25) is 34.2 Å². The number of carbonyl (C=O) groups is 4. The van der Waals surface area contributed by atoms with Gasteiger partial charge in [-0.1, -0.05) is 181 Å². The van der Waals surface area contributed by atoms with Gasteiger partial charge >= 0.3 is 0 Å². The molecule has 578 valence electrons. The Hall–Kier alpha value is -7.74. The van der Waals surface area contributed by atoms with E-state index in [-0.39, 0.29) is 37.0 Å². The van der Waals surface area contributed by atoms with Gasteiger partial charge in [0.15, 0.2) is 5.60 Å². The Balaban J connectivity index is 0.000000244. The lowest BCUT2D eigenvalue weighted by molar-refractivity contribution is -0.261. The molecular weight excluding hydrogens is 1460 g/mol. The Morgan fingerprint density at radius 3 is 1.39 bits per heavy atom. The van der Waals surface area contributed by atoms with Crippen LogP contribution in [-0.2, 0) is 92.6 Å². The molecule has 106 heavy (non-hydrogen) atoms. The predicted octanol–water partition coefficient (Wildman–Crippen LogP) is 9.58. The number of nitrogens with one attached hydrogen (secondary N) is 4. The number of nitrogens with zero attached hydrogens (tertiary/aromatic N) is 4. The second-order valence-electron chi connectivity index (χ2n) is 28.3. The van der Waals surface area contributed by atoms with Gasteiger partial charge in [-0.05, 0) is 194 Å². The number of hydrogen-bond acceptors (Lipinski definition) is 18. The van der Waals surface area contributed by atoms with E-state index in [1.54, 1.807) is 129 Å². The van der Waals surface area contributed by atoms with E-state index in [1.807, 2.05) is 54.6 Å². The van der Waals surface area contributed by atoms with Gasteiger partial charge in [0.2, 0.25) is 11.8 Å². The van der Waals surface area contributed by atoms with Crippen molar-refractivity contribution in [3.63, 3.8) is 0 Å². The van der Waals surface area contributed by atoms with Crippen molar-refractivity contribution in [3.05, 3.63) is 208 Å². The zero-order chi connectivity index (χ0) is 78.4. The van der Waals surface area contributed by atoms with Gasteiger partial charge in [-0.15, -0.1) is 0 Å². The van der Waals surface area contributed by atoms with Crippen molar-refractivity contribution in [1.29, 1.82) is 0 Å². The number of benzene rings is 6. The molecule has 0 saturated carbocycles. The first-order valence-electron chi connectivity index (χ1n) is 35.2. The molecule has 27 heteroatoms. The summed E-state index contributed by atoms with van der Waals surface area (Å²) < 4.78 is 15.3. The Kier molecular flexibility index (Phi) is 36.3. The standard InChI is InChI=1S/C23H28ClN3O3.C19H28ClN3O3.2C14H20ClNO3.C9H8ClNO/c1-23(30,18-6-3-2-4-7-18)22(29)27-13-5-8-20(27)21(28)26-15-17-14-19(24)10-9-16(17)11-12-25;1-19(2,3)26-18(25)22-10-8-13-6-7-15(20)11-14(13)12-23-17(24)16-5-4-9-21-16;2*1-14(2,3)19-13(18)16-7-6-10-4-5-12(15)8-11(10)9-17;10-7-2-1-6-3-4-11-9(12)8(6)5-7/h2-4,6-7,9-10,14,20,30H,5,8,11-13,15,25H2,1H3,(H,26,28);6-7,11,16,21H,4-5,8-10,12H2,1-3H3,(H,22,25)(H,23,24);2*4-5,8,17H,6-7,9H2,1-3H3,(H,16,18);1-2,5H,3-4H2,(H,11,12)/p-3/t20-,23+;16-;;;/m00.../s1. The summed E-state index contributed by atoms with van der Waals surface area (Å²) in [7, 11) is 0. The van der Waals surface area contributed by atoms with Crippen LogP contribution in [0.1, 0.15) is 161 Å². The molecule has 3 heterocycles. The number of aliphatic hydroxyl groups is 3. The van der Waals surface area contributed by atoms with E-state index in [0.29, 0.717) is 121 Å². The van der Waals surface area contributed by atoms with E-state index in [0.717, 1.165) is 82.4 Å². The van der Waals surface area contributed by atoms with Gasteiger partial charge in [0.1, 0.15) is 24.3 Å². The quantitative estimate of drug-likeness (QED) is 0.0246. The smallest absolute Gasteiger partial charge is 0.259 e. The van der Waals surface area contributed by atoms with Crippen molar-refractivity contribution in [2.75, 3.05) is 45.8 Å². The SMILES string of the molecule is CC(C)(C)OC([O-])=NCCc1ccc(Cl)cc1CNC(=O)[C@@H]1CCCN1.CC(C)(C)OC([O-])=NCCc1ccc(Cl)cc1CO.CC(C)(C)OC([O-])=NCCc1ccc(Cl)cc1CO.C[C@](O)(C(=O)N1CCC[C@H]1C(=O)NCc1cc(Cl)ccc1CCN)c1ccccc1.O=C1NCCc2ccc(Cl)cc21. The highest BCUT2D eigenvalue weighted by atomic mass is 35.5. The summed E-state index contributed by atoms with van der Waals surface area (Å²) in [6.45, 7) is 21.7. The van der Waals surface area contributed by atoms with Crippen LogP contribution in [0.3, 0.4) is 0 Å². The zero-order valence-electron chi connectivity index (χ0n) is 62.0. The summed E-state index contributed by atoms with van der Waals surface area (Å²) in [5.74, 6) is -0.702. The van der Waals surface area contributed by atoms with Crippen LogP contribution in [0, 0.1) is 0 Å². The molecule has 3 atom stereocenters. The lowest BCUT2D eigenvalue weighted by Crippen LogP contribution is -2.52. The van der Waals surface area contributed by atoms with Gasteiger partial charge in [-0.25, -0.2) is 0 Å². The van der Waals surface area contributed by atoms with E-state index in [9.17, 15) is 49.8 Å². The third-order valence-electron chi connectivity index (χ3n) is 16.3. The maximum Gasteiger partial charge on any atom is 0.259 e. The topological polar surface area (TPSA) is 340 Å². The number of likely N-dealkylation sites (tertiary alicyclic amines) is 1. The van der Waals surface area contributed by atoms with E-state index >= 15 is 0 Å². The van der Waals surface area contributed by atoms with Crippen LogP contribution < -0.4 is 42.3 Å². The molecule has 0 aromatic heterocycles. The molecule has 6 aromatic rings. The van der Waals surface area contributed by atoms with Crippen molar-refractivity contribution in [2.24, 2.45) is 20.7 Å². The molecule has 0 bridgehead atoms. The minimum absolute atomic E-state index is 0.00636. The molecule has 9 N–H and O–H groups in total. The highest BCUT2D eigenvalue weighted by Gasteiger charge is 2.43. The lowest BCUT2D eigenvalue weighted by atomic mass is 9.94. The number of halogens is 5. The number of amides is 4. The molecule has 9 rings (SSSR count). The minimum atomic E-state index is -1.69. The zero-order valence-corrected chi connectivity index (χ0v) is 65.8. The van der Waals surface area contributed by atoms with Gasteiger partial charge in [0.25, 0.3) is 11.8 Å². The Morgan fingerprint density at radius 1 is 0.547 bits per heavy atom. The lowest BCUT2D eigenvalue weighted by Gasteiger charge is -2.32. The van der Waals surface area contributed by atoms with Crippen molar-refractivity contribution in [1.82, 2.24) is 26.2 Å². The average Bonchev–Trinajstić information content (AvgIpc) is 1.56. The largest absolute Gasteiger partial charge is 0.595 e. The van der Waals surface area contributed by atoms with Crippen LogP contribution in [-0.4, -0.2) is 137 Å². The monoisotopic (exact) mass is 1560 g/mol. The third kappa shape index (κ3) is 31.6. The second-order valence-corrected chi connectivity index (χ2v) is 30.5. The summed E-state index contributed by atoms with van der Waals surface area (Å²) in [6, 6.07) is 35.2. The van der Waals surface area contributed by atoms with Crippen LogP contribution in [0.2, 0.25) is 25.1 Å². The van der Waals surface area contributed by atoms with Crippen molar-refractivity contribution >= 4 is 99.9 Å². The summed E-state index contributed by atoms with van der Waals surface area (Å²) in [5, 5.41) is 78.6. The van der Waals surface area contributed by atoms with Gasteiger partial charge in [-0.2, -0.15) is 0 Å². The maximum absolute atomic E-state index is 13.1. The molecule has 6 aromatic carbocycles. The second kappa shape index (κ2) is 43.3. The number of nitrogens with two attached hydrogens (primary N) is 1. The molecule has 22 nitrogen and oxygen atoms in total. The molecule has 3 aliphatic heterocycles.